The van der Waals surface area contributed by atoms with Crippen molar-refractivity contribution in [1.82, 2.24) is 10.6 Å². The number of carboxylic acids is 1. The molecule has 2 saturated carbocycles. The fourth-order valence-electron chi connectivity index (χ4n) is 3.02. The summed E-state index contributed by atoms with van der Waals surface area (Å²) >= 11 is 0. The topological polar surface area (TPSA) is 78.4 Å². The number of carbonyl (C=O) groups is 2. The summed E-state index contributed by atoms with van der Waals surface area (Å²) in [6.07, 6.45) is 10.3. The third kappa shape index (κ3) is 5.39. The van der Waals surface area contributed by atoms with Gasteiger partial charge in [0.25, 0.3) is 0 Å². The van der Waals surface area contributed by atoms with E-state index in [2.05, 4.69) is 10.6 Å². The molecule has 2 amide bonds. The van der Waals surface area contributed by atoms with E-state index in [4.69, 9.17) is 5.11 Å². The monoisotopic (exact) mass is 282 g/mol. The Morgan fingerprint density at radius 1 is 1.00 bits per heavy atom. The van der Waals surface area contributed by atoms with E-state index in [0.29, 0.717) is 5.92 Å². The highest BCUT2D eigenvalue weighted by atomic mass is 16.4. The van der Waals surface area contributed by atoms with Crippen molar-refractivity contribution in [1.29, 1.82) is 0 Å². The molecule has 1 atom stereocenters. The third-order valence-corrected chi connectivity index (χ3v) is 4.34. The molecule has 20 heavy (non-hydrogen) atoms. The van der Waals surface area contributed by atoms with Crippen LogP contribution in [0.3, 0.4) is 0 Å². The van der Waals surface area contributed by atoms with Gasteiger partial charge >= 0.3 is 12.0 Å². The summed E-state index contributed by atoms with van der Waals surface area (Å²) < 4.78 is 0. The van der Waals surface area contributed by atoms with Crippen molar-refractivity contribution in [3.63, 3.8) is 0 Å². The van der Waals surface area contributed by atoms with E-state index < -0.39 is 5.97 Å². The second-order valence-corrected chi connectivity index (χ2v) is 6.20. The molecule has 0 aromatic carbocycles. The fourth-order valence-corrected chi connectivity index (χ4v) is 3.02. The van der Waals surface area contributed by atoms with Gasteiger partial charge in [-0.15, -0.1) is 0 Å². The zero-order valence-corrected chi connectivity index (χ0v) is 12.1. The summed E-state index contributed by atoms with van der Waals surface area (Å²) in [7, 11) is 0. The Morgan fingerprint density at radius 2 is 1.60 bits per heavy atom. The molecule has 0 aliphatic heterocycles. The highest BCUT2D eigenvalue weighted by Gasteiger charge is 2.33. The number of hydrogen-bond donors (Lipinski definition) is 3. The summed E-state index contributed by atoms with van der Waals surface area (Å²) in [6.45, 7) is 0. The minimum atomic E-state index is -0.840. The lowest BCUT2D eigenvalue weighted by Crippen LogP contribution is -2.47. The predicted octanol–water partition coefficient (Wildman–Crippen LogP) is 2.65. The van der Waals surface area contributed by atoms with Crippen LogP contribution >= 0.6 is 0 Å². The van der Waals surface area contributed by atoms with Crippen LogP contribution in [-0.4, -0.2) is 29.2 Å². The molecule has 0 spiro atoms. The molecule has 1 unspecified atom stereocenters. The van der Waals surface area contributed by atoms with Crippen molar-refractivity contribution in [3.8, 4) is 0 Å². The van der Waals surface area contributed by atoms with Crippen LogP contribution in [0.4, 0.5) is 4.79 Å². The highest BCUT2D eigenvalue weighted by Crippen LogP contribution is 2.34. The molecule has 0 radical (unpaired) electrons. The maximum atomic E-state index is 12.0. The summed E-state index contributed by atoms with van der Waals surface area (Å²) in [5, 5.41) is 14.8. The van der Waals surface area contributed by atoms with Gasteiger partial charge in [0.1, 0.15) is 0 Å². The highest BCUT2D eigenvalue weighted by molar-refractivity contribution is 5.76. The number of rotatable bonds is 5. The van der Waals surface area contributed by atoms with Crippen LogP contribution in [0.5, 0.6) is 0 Å². The Balaban J connectivity index is 1.75. The molecular weight excluding hydrogens is 256 g/mol. The van der Waals surface area contributed by atoms with Crippen molar-refractivity contribution in [2.45, 2.75) is 76.3 Å². The Labute approximate surface area is 120 Å². The molecule has 5 heteroatoms. The maximum Gasteiger partial charge on any atom is 0.315 e. The molecule has 2 aliphatic carbocycles. The van der Waals surface area contributed by atoms with E-state index in [-0.39, 0.29) is 24.5 Å². The molecule has 2 fully saturated rings. The summed E-state index contributed by atoms with van der Waals surface area (Å²) in [5.74, 6) is -0.484. The molecule has 0 saturated heterocycles. The van der Waals surface area contributed by atoms with E-state index in [1.165, 1.54) is 32.1 Å². The number of aliphatic carboxylic acids is 1. The lowest BCUT2D eigenvalue weighted by atomic mass is 9.97. The first kappa shape index (κ1) is 15.1. The molecule has 114 valence electrons. The minimum absolute atomic E-state index is 0.0305. The molecule has 5 nitrogen and oxygen atoms in total. The first-order valence-corrected chi connectivity index (χ1v) is 7.94. The van der Waals surface area contributed by atoms with Gasteiger partial charge in [0, 0.05) is 12.1 Å². The van der Waals surface area contributed by atoms with Gasteiger partial charge in [-0.3, -0.25) is 4.79 Å². The average Bonchev–Trinajstić information content (AvgIpc) is 3.15. The van der Waals surface area contributed by atoms with E-state index in [1.807, 2.05) is 0 Å². The second kappa shape index (κ2) is 7.50. The standard InChI is InChI=1S/C15H26N2O3/c18-14(19)10-13(11-8-9-11)17-15(20)16-12-6-4-2-1-3-5-7-12/h11-13H,1-10H2,(H,18,19)(H2,16,17,20). The van der Waals surface area contributed by atoms with Crippen molar-refractivity contribution in [2.24, 2.45) is 5.92 Å². The van der Waals surface area contributed by atoms with Crippen LogP contribution in [0.15, 0.2) is 0 Å². The van der Waals surface area contributed by atoms with Gasteiger partial charge in [-0.05, 0) is 31.6 Å². The van der Waals surface area contributed by atoms with Crippen molar-refractivity contribution in [3.05, 3.63) is 0 Å². The zero-order valence-electron chi connectivity index (χ0n) is 12.1. The quantitative estimate of drug-likeness (QED) is 0.725. The van der Waals surface area contributed by atoms with Crippen LogP contribution < -0.4 is 10.6 Å². The van der Waals surface area contributed by atoms with Gasteiger partial charge in [0.05, 0.1) is 6.42 Å². The molecule has 0 heterocycles. The first-order chi connectivity index (χ1) is 9.65. The average molecular weight is 282 g/mol. The Kier molecular flexibility index (Phi) is 5.68. The predicted molar refractivity (Wildman–Crippen MR) is 76.5 cm³/mol. The van der Waals surface area contributed by atoms with Gasteiger partial charge in [-0.1, -0.05) is 32.1 Å². The summed E-state index contributed by atoms with van der Waals surface area (Å²) in [5.41, 5.74) is 0. The lowest BCUT2D eigenvalue weighted by Gasteiger charge is -2.23. The van der Waals surface area contributed by atoms with E-state index in [0.717, 1.165) is 25.7 Å². The molecule has 3 N–H and O–H groups in total. The second-order valence-electron chi connectivity index (χ2n) is 6.20. The van der Waals surface area contributed by atoms with E-state index >= 15 is 0 Å². The van der Waals surface area contributed by atoms with Crippen molar-refractivity contribution >= 4 is 12.0 Å². The van der Waals surface area contributed by atoms with Crippen LogP contribution in [0.25, 0.3) is 0 Å². The van der Waals surface area contributed by atoms with E-state index in [9.17, 15) is 9.59 Å². The van der Waals surface area contributed by atoms with Crippen LogP contribution in [-0.2, 0) is 4.79 Å². The molecule has 0 bridgehead atoms. The van der Waals surface area contributed by atoms with Gasteiger partial charge in [0.2, 0.25) is 0 Å². The van der Waals surface area contributed by atoms with Gasteiger partial charge in [0.15, 0.2) is 0 Å². The van der Waals surface area contributed by atoms with Crippen LogP contribution in [0, 0.1) is 5.92 Å². The van der Waals surface area contributed by atoms with Crippen LogP contribution in [0.2, 0.25) is 0 Å². The minimum Gasteiger partial charge on any atom is -0.481 e. The van der Waals surface area contributed by atoms with E-state index in [1.54, 1.807) is 0 Å². The number of urea groups is 1. The Morgan fingerprint density at radius 3 is 2.15 bits per heavy atom. The largest absolute Gasteiger partial charge is 0.481 e. The summed E-state index contributed by atoms with van der Waals surface area (Å²) in [4.78, 5) is 22.8. The Hall–Kier alpha value is -1.26. The van der Waals surface area contributed by atoms with Gasteiger partial charge in [-0.2, -0.15) is 0 Å². The van der Waals surface area contributed by atoms with Gasteiger partial charge in [-0.25, -0.2) is 4.79 Å². The normalized spacial score (nSPS) is 22.4. The molecule has 2 aliphatic rings. The number of carbonyl (C=O) groups excluding carboxylic acids is 1. The SMILES string of the molecule is O=C(O)CC(NC(=O)NC1CCCCCCC1)C1CC1. The molecular formula is C15H26N2O3. The van der Waals surface area contributed by atoms with Crippen LogP contribution in [0.1, 0.15) is 64.2 Å². The zero-order chi connectivity index (χ0) is 14.4. The number of hydrogen-bond acceptors (Lipinski definition) is 2. The van der Waals surface area contributed by atoms with Crippen molar-refractivity contribution < 1.29 is 14.7 Å². The molecule has 0 aromatic rings. The number of amides is 2. The van der Waals surface area contributed by atoms with Gasteiger partial charge < -0.3 is 15.7 Å². The summed E-state index contributed by atoms with van der Waals surface area (Å²) in [6, 6.07) is -0.144. The third-order valence-electron chi connectivity index (χ3n) is 4.34. The maximum absolute atomic E-state index is 12.0. The Bertz CT molecular complexity index is 334. The number of carboxylic acid groups (broad SMARTS) is 1. The van der Waals surface area contributed by atoms with Crippen molar-refractivity contribution in [2.75, 3.05) is 0 Å². The number of nitrogens with one attached hydrogen (secondary N) is 2. The fraction of sp³-hybridized carbons (Fsp3) is 0.867. The molecule has 2 rings (SSSR count). The first-order valence-electron chi connectivity index (χ1n) is 7.94. The lowest BCUT2D eigenvalue weighted by molar-refractivity contribution is -0.137. The molecule has 0 aromatic heterocycles. The smallest absolute Gasteiger partial charge is 0.315 e.